The Balaban J connectivity index is 1.79. The van der Waals surface area contributed by atoms with Gasteiger partial charge < -0.3 is 10.1 Å². The Hall–Kier alpha value is -3.48. The van der Waals surface area contributed by atoms with E-state index in [-0.39, 0.29) is 17.8 Å². The van der Waals surface area contributed by atoms with Gasteiger partial charge in [0, 0.05) is 6.07 Å². The highest BCUT2D eigenvalue weighted by Gasteiger charge is 2.15. The molecule has 1 heterocycles. The summed E-state index contributed by atoms with van der Waals surface area (Å²) >= 11 is 0. The average Bonchev–Trinajstić information content (AvgIpc) is 2.68. The van der Waals surface area contributed by atoms with Crippen molar-refractivity contribution in [3.8, 4) is 11.4 Å². The fourth-order valence-corrected chi connectivity index (χ4v) is 2.78. The smallest absolute Gasteiger partial charge is 0.272 e. The highest BCUT2D eigenvalue weighted by Crippen LogP contribution is 2.20. The number of rotatable bonds is 6. The van der Waals surface area contributed by atoms with E-state index >= 15 is 0 Å². The largest absolute Gasteiger partial charge is 0.491 e. The Labute approximate surface area is 168 Å². The van der Waals surface area contributed by atoms with Gasteiger partial charge in [0.2, 0.25) is 0 Å². The number of carbonyl (C=O) groups is 1. The van der Waals surface area contributed by atoms with Crippen molar-refractivity contribution in [2.45, 2.75) is 32.9 Å². The summed E-state index contributed by atoms with van der Waals surface area (Å²) in [5.74, 6) is -0.127. The second-order valence-electron chi connectivity index (χ2n) is 6.88. The summed E-state index contributed by atoms with van der Waals surface area (Å²) in [7, 11) is 0. The standard InChI is InChI=1S/C22H22FN3O3/c1-14(2)29-19-6-4-5-16(13-19)15(3)24-22(28)20-11-12-21(27)26(25-20)18-9-7-17(23)8-10-18/h4-15H,1-3H3,(H,24,28). The van der Waals surface area contributed by atoms with Crippen LogP contribution in [0.25, 0.3) is 5.69 Å². The van der Waals surface area contributed by atoms with Crippen molar-refractivity contribution < 1.29 is 13.9 Å². The molecule has 1 aromatic heterocycles. The molecule has 1 N–H and O–H groups in total. The van der Waals surface area contributed by atoms with E-state index in [1.807, 2.05) is 45.0 Å². The lowest BCUT2D eigenvalue weighted by atomic mass is 10.1. The number of benzene rings is 2. The second-order valence-corrected chi connectivity index (χ2v) is 6.88. The van der Waals surface area contributed by atoms with E-state index in [4.69, 9.17) is 4.74 Å². The zero-order valence-corrected chi connectivity index (χ0v) is 16.4. The third kappa shape index (κ3) is 5.07. The highest BCUT2D eigenvalue weighted by atomic mass is 19.1. The fraction of sp³-hybridized carbons (Fsp3) is 0.227. The minimum Gasteiger partial charge on any atom is -0.491 e. The number of amides is 1. The number of carbonyl (C=O) groups excluding carboxylic acids is 1. The maximum absolute atomic E-state index is 13.1. The van der Waals surface area contributed by atoms with Crippen molar-refractivity contribution in [1.29, 1.82) is 0 Å². The van der Waals surface area contributed by atoms with Crippen molar-refractivity contribution in [3.63, 3.8) is 0 Å². The van der Waals surface area contributed by atoms with E-state index in [0.29, 0.717) is 5.69 Å². The average molecular weight is 395 g/mol. The van der Waals surface area contributed by atoms with Gasteiger partial charge in [0.25, 0.3) is 11.5 Å². The monoisotopic (exact) mass is 395 g/mol. The topological polar surface area (TPSA) is 73.2 Å². The van der Waals surface area contributed by atoms with Gasteiger partial charge in [-0.25, -0.2) is 4.39 Å². The van der Waals surface area contributed by atoms with Crippen molar-refractivity contribution in [3.05, 3.63) is 88.1 Å². The second kappa shape index (κ2) is 8.68. The predicted octanol–water partition coefficient (Wildman–Crippen LogP) is 3.65. The molecule has 0 spiro atoms. The maximum Gasteiger partial charge on any atom is 0.272 e. The molecule has 1 unspecified atom stereocenters. The van der Waals surface area contributed by atoms with Crippen molar-refractivity contribution in [2.24, 2.45) is 0 Å². The van der Waals surface area contributed by atoms with Crippen LogP contribution >= 0.6 is 0 Å². The number of halogens is 1. The van der Waals surface area contributed by atoms with Crippen LogP contribution in [0.3, 0.4) is 0 Å². The molecule has 0 fully saturated rings. The first-order valence-electron chi connectivity index (χ1n) is 9.27. The molecular formula is C22H22FN3O3. The molecule has 1 amide bonds. The molecule has 0 bridgehead atoms. The number of ether oxygens (including phenoxy) is 1. The van der Waals surface area contributed by atoms with Crippen LogP contribution in [0.2, 0.25) is 0 Å². The van der Waals surface area contributed by atoms with Crippen LogP contribution in [0.1, 0.15) is 42.9 Å². The molecular weight excluding hydrogens is 373 g/mol. The number of hydrogen-bond acceptors (Lipinski definition) is 4. The minimum atomic E-state index is -0.427. The van der Waals surface area contributed by atoms with E-state index < -0.39 is 17.3 Å². The Morgan fingerprint density at radius 3 is 2.48 bits per heavy atom. The number of nitrogens with zero attached hydrogens (tertiary/aromatic N) is 2. The van der Waals surface area contributed by atoms with Crippen LogP contribution in [0.4, 0.5) is 4.39 Å². The first-order chi connectivity index (χ1) is 13.8. The van der Waals surface area contributed by atoms with E-state index in [0.717, 1.165) is 16.0 Å². The quantitative estimate of drug-likeness (QED) is 0.691. The van der Waals surface area contributed by atoms with E-state index in [1.54, 1.807) is 0 Å². The first-order valence-corrected chi connectivity index (χ1v) is 9.27. The molecule has 0 aliphatic rings. The molecule has 0 saturated heterocycles. The fourth-order valence-electron chi connectivity index (χ4n) is 2.78. The summed E-state index contributed by atoms with van der Waals surface area (Å²) in [6.07, 6.45) is 0.0480. The summed E-state index contributed by atoms with van der Waals surface area (Å²) < 4.78 is 19.9. The molecule has 6 nitrogen and oxygen atoms in total. The molecule has 0 radical (unpaired) electrons. The molecule has 150 valence electrons. The summed E-state index contributed by atoms with van der Waals surface area (Å²) in [4.78, 5) is 24.8. The molecule has 3 aromatic rings. The maximum atomic E-state index is 13.1. The van der Waals surface area contributed by atoms with Crippen LogP contribution in [-0.2, 0) is 0 Å². The molecule has 0 aliphatic heterocycles. The van der Waals surface area contributed by atoms with Crippen LogP contribution in [0.15, 0.2) is 65.5 Å². The number of hydrogen-bond donors (Lipinski definition) is 1. The van der Waals surface area contributed by atoms with Gasteiger partial charge in [-0.2, -0.15) is 9.78 Å². The van der Waals surface area contributed by atoms with Crippen LogP contribution in [0.5, 0.6) is 5.75 Å². The van der Waals surface area contributed by atoms with Gasteiger partial charge in [0.1, 0.15) is 17.3 Å². The molecule has 7 heteroatoms. The Kier molecular flexibility index (Phi) is 6.07. The molecule has 1 atom stereocenters. The molecule has 0 aliphatic carbocycles. The van der Waals surface area contributed by atoms with Gasteiger partial charge in [-0.3, -0.25) is 9.59 Å². The Morgan fingerprint density at radius 1 is 1.07 bits per heavy atom. The van der Waals surface area contributed by atoms with Crippen LogP contribution in [0, 0.1) is 5.82 Å². The molecule has 29 heavy (non-hydrogen) atoms. The molecule has 3 rings (SSSR count). The zero-order chi connectivity index (χ0) is 21.0. The third-order valence-electron chi connectivity index (χ3n) is 4.18. The van der Waals surface area contributed by atoms with E-state index in [9.17, 15) is 14.0 Å². The van der Waals surface area contributed by atoms with Crippen LogP contribution in [-0.4, -0.2) is 21.8 Å². The minimum absolute atomic E-state index is 0.0480. The zero-order valence-electron chi connectivity index (χ0n) is 16.4. The summed E-state index contributed by atoms with van der Waals surface area (Å²) in [6.45, 7) is 5.74. The van der Waals surface area contributed by atoms with Gasteiger partial charge in [0.05, 0.1) is 17.8 Å². The third-order valence-corrected chi connectivity index (χ3v) is 4.18. The normalized spacial score (nSPS) is 11.9. The SMILES string of the molecule is CC(C)Oc1cccc(C(C)NC(=O)c2ccc(=O)n(-c3ccc(F)cc3)n2)c1. The lowest BCUT2D eigenvalue weighted by Gasteiger charge is -2.16. The van der Waals surface area contributed by atoms with Crippen molar-refractivity contribution >= 4 is 5.91 Å². The van der Waals surface area contributed by atoms with Gasteiger partial charge >= 0.3 is 0 Å². The first kappa shape index (κ1) is 20.3. The van der Waals surface area contributed by atoms with Gasteiger partial charge in [-0.1, -0.05) is 12.1 Å². The Bertz CT molecular complexity index is 1060. The summed E-state index contributed by atoms with van der Waals surface area (Å²) in [5, 5.41) is 6.99. The van der Waals surface area contributed by atoms with Crippen molar-refractivity contribution in [2.75, 3.05) is 0 Å². The van der Waals surface area contributed by atoms with Crippen molar-refractivity contribution in [1.82, 2.24) is 15.1 Å². The van der Waals surface area contributed by atoms with E-state index in [2.05, 4.69) is 10.4 Å². The number of nitrogens with one attached hydrogen (secondary N) is 1. The predicted molar refractivity (Wildman–Crippen MR) is 108 cm³/mol. The summed E-state index contributed by atoms with van der Waals surface area (Å²) in [6, 6.07) is 15.1. The van der Waals surface area contributed by atoms with E-state index in [1.165, 1.54) is 36.4 Å². The van der Waals surface area contributed by atoms with Crippen LogP contribution < -0.4 is 15.6 Å². The number of aromatic nitrogens is 2. The lowest BCUT2D eigenvalue weighted by Crippen LogP contribution is -2.30. The molecule has 2 aromatic carbocycles. The van der Waals surface area contributed by atoms with Gasteiger partial charge in [-0.15, -0.1) is 0 Å². The van der Waals surface area contributed by atoms with Gasteiger partial charge in [0.15, 0.2) is 0 Å². The highest BCUT2D eigenvalue weighted by molar-refractivity contribution is 5.92. The molecule has 0 saturated carbocycles. The Morgan fingerprint density at radius 2 is 1.79 bits per heavy atom. The summed E-state index contributed by atoms with van der Waals surface area (Å²) in [5.41, 5.74) is 0.913. The lowest BCUT2D eigenvalue weighted by molar-refractivity contribution is 0.0933. The van der Waals surface area contributed by atoms with Gasteiger partial charge in [-0.05, 0) is 68.8 Å².